The van der Waals surface area contributed by atoms with E-state index < -0.39 is 0 Å². The number of carbonyl (C=O) groups is 2. The van der Waals surface area contributed by atoms with Gasteiger partial charge < -0.3 is 5.11 Å². The first-order valence-corrected chi connectivity index (χ1v) is 9.64. The van der Waals surface area contributed by atoms with Gasteiger partial charge in [0.15, 0.2) is 0 Å². The van der Waals surface area contributed by atoms with Crippen LogP contribution >= 0.6 is 0 Å². The molecule has 0 saturated heterocycles. The summed E-state index contributed by atoms with van der Waals surface area (Å²) in [5.74, 6) is -0.598. The number of nitrogens with one attached hydrogen (secondary N) is 1. The predicted octanol–water partition coefficient (Wildman–Crippen LogP) is 4.49. The highest BCUT2D eigenvalue weighted by atomic mass is 16.3. The maximum Gasteiger partial charge on any atom is 0.228 e. The lowest BCUT2D eigenvalue weighted by Crippen LogP contribution is -2.30. The van der Waals surface area contributed by atoms with Crippen molar-refractivity contribution >= 4 is 11.8 Å². The molecule has 0 aliphatic rings. The molecule has 0 bridgehead atoms. The van der Waals surface area contributed by atoms with Crippen molar-refractivity contribution < 1.29 is 14.7 Å². The molecule has 0 aliphatic heterocycles. The van der Waals surface area contributed by atoms with Gasteiger partial charge in [0.2, 0.25) is 11.8 Å². The van der Waals surface area contributed by atoms with Crippen molar-refractivity contribution in [1.29, 1.82) is 0 Å². The van der Waals surface area contributed by atoms with Gasteiger partial charge in [-0.2, -0.15) is 0 Å². The smallest absolute Gasteiger partial charge is 0.228 e. The molecule has 2 N–H and O–H groups in total. The van der Waals surface area contributed by atoms with Crippen LogP contribution in [0.2, 0.25) is 0 Å². The molecule has 0 fully saturated rings. The van der Waals surface area contributed by atoms with Crippen LogP contribution in [0.5, 0.6) is 0 Å². The average molecular weight is 328 g/mol. The van der Waals surface area contributed by atoms with E-state index in [1.165, 1.54) is 70.6 Å². The summed E-state index contributed by atoms with van der Waals surface area (Å²) in [6.07, 6.45) is 17.0. The van der Waals surface area contributed by atoms with Crippen molar-refractivity contribution in [2.75, 3.05) is 6.61 Å². The second kappa shape index (κ2) is 17.5. The summed E-state index contributed by atoms with van der Waals surface area (Å²) in [7, 11) is 0. The number of unbranched alkanes of at least 4 members (excludes halogenated alkanes) is 12. The maximum absolute atomic E-state index is 11.4. The molecule has 0 heterocycles. The van der Waals surface area contributed by atoms with Gasteiger partial charge in [0.05, 0.1) is 13.0 Å². The zero-order valence-electron chi connectivity index (χ0n) is 15.1. The van der Waals surface area contributed by atoms with Crippen LogP contribution in [0.25, 0.3) is 0 Å². The Labute approximate surface area is 142 Å². The summed E-state index contributed by atoms with van der Waals surface area (Å²) in [6, 6.07) is 0. The Bertz CT molecular complexity index is 292. The second-order valence-electron chi connectivity index (χ2n) is 6.44. The van der Waals surface area contributed by atoms with E-state index in [-0.39, 0.29) is 24.8 Å². The lowest BCUT2D eigenvalue weighted by Gasteiger charge is -2.04. The fourth-order valence-corrected chi connectivity index (χ4v) is 2.69. The molecule has 0 atom stereocenters. The third-order valence-electron chi connectivity index (χ3n) is 4.13. The number of carbonyl (C=O) groups excluding carboxylic acids is 2. The largest absolute Gasteiger partial charge is 0.396 e. The molecule has 0 aromatic heterocycles. The quantitative estimate of drug-likeness (QED) is 0.410. The minimum absolute atomic E-state index is 0.00431. The molecule has 4 heteroatoms. The van der Waals surface area contributed by atoms with E-state index in [9.17, 15) is 9.59 Å². The molecular weight excluding hydrogens is 290 g/mol. The Hall–Kier alpha value is -0.900. The van der Waals surface area contributed by atoms with Gasteiger partial charge in [-0.1, -0.05) is 84.0 Å². The SMILES string of the molecule is CCCCCCCCCCCCCCCC(=O)NC(=O)CCO. The van der Waals surface area contributed by atoms with E-state index in [4.69, 9.17) is 5.11 Å². The van der Waals surface area contributed by atoms with Crippen molar-refractivity contribution in [2.24, 2.45) is 0 Å². The monoisotopic (exact) mass is 327 g/mol. The van der Waals surface area contributed by atoms with Gasteiger partial charge in [-0.3, -0.25) is 14.9 Å². The van der Waals surface area contributed by atoms with Gasteiger partial charge >= 0.3 is 0 Å². The molecule has 0 aliphatic carbocycles. The van der Waals surface area contributed by atoms with Crippen molar-refractivity contribution in [3.05, 3.63) is 0 Å². The van der Waals surface area contributed by atoms with E-state index >= 15 is 0 Å². The Morgan fingerprint density at radius 3 is 1.48 bits per heavy atom. The van der Waals surface area contributed by atoms with Crippen LogP contribution in [0.4, 0.5) is 0 Å². The maximum atomic E-state index is 11.4. The fourth-order valence-electron chi connectivity index (χ4n) is 2.69. The lowest BCUT2D eigenvalue weighted by molar-refractivity contribution is -0.130. The fraction of sp³-hybridized carbons (Fsp3) is 0.895. The van der Waals surface area contributed by atoms with Gasteiger partial charge in [0.1, 0.15) is 0 Å². The van der Waals surface area contributed by atoms with Crippen LogP contribution < -0.4 is 5.32 Å². The predicted molar refractivity (Wildman–Crippen MR) is 95.2 cm³/mol. The average Bonchev–Trinajstić information content (AvgIpc) is 2.52. The first-order valence-electron chi connectivity index (χ1n) is 9.64. The van der Waals surface area contributed by atoms with Gasteiger partial charge in [-0.15, -0.1) is 0 Å². The number of aliphatic hydroxyl groups is 1. The first-order chi connectivity index (χ1) is 11.2. The van der Waals surface area contributed by atoms with E-state index in [1.54, 1.807) is 0 Å². The summed E-state index contributed by atoms with van der Waals surface area (Å²) in [6.45, 7) is 2.04. The molecule has 23 heavy (non-hydrogen) atoms. The van der Waals surface area contributed by atoms with Crippen LogP contribution in [-0.2, 0) is 9.59 Å². The Kier molecular flexibility index (Phi) is 16.8. The zero-order valence-corrected chi connectivity index (χ0v) is 15.1. The summed E-state index contributed by atoms with van der Waals surface area (Å²) in [4.78, 5) is 22.5. The van der Waals surface area contributed by atoms with Crippen LogP contribution in [0.3, 0.4) is 0 Å². The summed E-state index contributed by atoms with van der Waals surface area (Å²) >= 11 is 0. The second-order valence-corrected chi connectivity index (χ2v) is 6.44. The van der Waals surface area contributed by atoms with Gasteiger partial charge in [0.25, 0.3) is 0 Å². The lowest BCUT2D eigenvalue weighted by atomic mass is 10.0. The molecule has 136 valence electrons. The van der Waals surface area contributed by atoms with Crippen LogP contribution in [0, 0.1) is 0 Å². The molecule has 0 unspecified atom stereocenters. The van der Waals surface area contributed by atoms with Crippen molar-refractivity contribution in [3.8, 4) is 0 Å². The minimum Gasteiger partial charge on any atom is -0.396 e. The third kappa shape index (κ3) is 17.3. The van der Waals surface area contributed by atoms with E-state index in [0.29, 0.717) is 6.42 Å². The molecule has 0 radical (unpaired) electrons. The number of imide groups is 1. The van der Waals surface area contributed by atoms with Crippen LogP contribution in [-0.4, -0.2) is 23.5 Å². The minimum atomic E-state index is -0.382. The molecule has 0 aromatic carbocycles. The van der Waals surface area contributed by atoms with Crippen molar-refractivity contribution in [1.82, 2.24) is 5.32 Å². The number of aliphatic hydroxyl groups excluding tert-OH is 1. The van der Waals surface area contributed by atoms with Gasteiger partial charge in [-0.25, -0.2) is 0 Å². The molecule has 0 rings (SSSR count). The standard InChI is InChI=1S/C19H37NO3/c1-2-3-4-5-6-7-8-9-10-11-12-13-14-15-18(22)20-19(23)16-17-21/h21H,2-17H2,1H3,(H,20,22,23). The highest BCUT2D eigenvalue weighted by Gasteiger charge is 2.06. The number of hydrogen-bond acceptors (Lipinski definition) is 3. The molecular formula is C19H37NO3. The van der Waals surface area contributed by atoms with E-state index in [0.717, 1.165) is 12.8 Å². The number of rotatable bonds is 16. The van der Waals surface area contributed by atoms with Gasteiger partial charge in [-0.05, 0) is 6.42 Å². The van der Waals surface area contributed by atoms with E-state index in [1.807, 2.05) is 0 Å². The van der Waals surface area contributed by atoms with Gasteiger partial charge in [0, 0.05) is 6.42 Å². The Morgan fingerprint density at radius 1 is 0.652 bits per heavy atom. The molecule has 4 nitrogen and oxygen atoms in total. The topological polar surface area (TPSA) is 66.4 Å². The van der Waals surface area contributed by atoms with Crippen LogP contribution in [0.15, 0.2) is 0 Å². The number of amides is 2. The Balaban J connectivity index is 3.18. The third-order valence-corrected chi connectivity index (χ3v) is 4.13. The summed E-state index contributed by atoms with van der Waals surface area (Å²) < 4.78 is 0. The van der Waals surface area contributed by atoms with Crippen LogP contribution in [0.1, 0.15) is 103 Å². The summed E-state index contributed by atoms with van der Waals surface area (Å²) in [5, 5.41) is 10.9. The molecule has 0 saturated carbocycles. The highest BCUT2D eigenvalue weighted by Crippen LogP contribution is 2.12. The Morgan fingerprint density at radius 2 is 1.04 bits per heavy atom. The molecule has 2 amide bonds. The normalized spacial score (nSPS) is 10.7. The molecule has 0 spiro atoms. The first kappa shape index (κ1) is 22.1. The zero-order chi connectivity index (χ0) is 17.2. The van der Waals surface area contributed by atoms with Crippen molar-refractivity contribution in [2.45, 2.75) is 103 Å². The van der Waals surface area contributed by atoms with E-state index in [2.05, 4.69) is 12.2 Å². The van der Waals surface area contributed by atoms with Crippen molar-refractivity contribution in [3.63, 3.8) is 0 Å². The number of hydrogen-bond donors (Lipinski definition) is 2. The molecule has 0 aromatic rings. The summed E-state index contributed by atoms with van der Waals surface area (Å²) in [5.41, 5.74) is 0. The highest BCUT2D eigenvalue weighted by molar-refractivity contribution is 5.95.